The van der Waals surface area contributed by atoms with Crippen molar-refractivity contribution in [2.75, 3.05) is 7.11 Å². The summed E-state index contributed by atoms with van der Waals surface area (Å²) in [5.41, 5.74) is 1.19. The second-order valence-electron chi connectivity index (χ2n) is 3.44. The lowest BCUT2D eigenvalue weighted by atomic mass is 10.2. The first-order valence-corrected chi connectivity index (χ1v) is 5.75. The minimum absolute atomic E-state index is 0.880. The molecule has 80 valence electrons. The second kappa shape index (κ2) is 3.64. The molecule has 0 aliphatic heterocycles. The highest BCUT2D eigenvalue weighted by molar-refractivity contribution is 7.20. The molecular formula is C12H10N2OS. The average molecular weight is 230 g/mol. The number of nitrogens with zero attached hydrogens (tertiary/aromatic N) is 2. The van der Waals surface area contributed by atoms with Gasteiger partial charge in [-0.05, 0) is 29.8 Å². The normalized spacial score (nSPS) is 10.8. The maximum absolute atomic E-state index is 5.13. The number of ether oxygens (including phenoxy) is 1. The van der Waals surface area contributed by atoms with Crippen molar-refractivity contribution in [3.63, 3.8) is 0 Å². The van der Waals surface area contributed by atoms with E-state index in [1.54, 1.807) is 18.4 Å². The summed E-state index contributed by atoms with van der Waals surface area (Å²) in [5, 5.41) is 0. The predicted molar refractivity (Wildman–Crippen MR) is 65.1 cm³/mol. The molecule has 1 aromatic carbocycles. The zero-order valence-electron chi connectivity index (χ0n) is 8.75. The second-order valence-corrected chi connectivity index (χ2v) is 4.45. The van der Waals surface area contributed by atoms with Crippen LogP contribution in [-0.2, 0) is 0 Å². The van der Waals surface area contributed by atoms with Gasteiger partial charge in [-0.2, -0.15) is 0 Å². The highest BCUT2D eigenvalue weighted by atomic mass is 32.1. The standard InChI is InChI=1S/C12H10N2OS/c1-15-10-4-2-9(3-5-10)11-8-14-7-6-13-12(14)16-11/h2-8H,1H3. The van der Waals surface area contributed by atoms with Gasteiger partial charge in [-0.3, -0.25) is 4.40 Å². The van der Waals surface area contributed by atoms with E-state index < -0.39 is 0 Å². The van der Waals surface area contributed by atoms with Gasteiger partial charge < -0.3 is 4.74 Å². The van der Waals surface area contributed by atoms with E-state index in [9.17, 15) is 0 Å². The summed E-state index contributed by atoms with van der Waals surface area (Å²) in [6, 6.07) is 8.06. The van der Waals surface area contributed by atoms with Crippen LogP contribution in [0.4, 0.5) is 0 Å². The van der Waals surface area contributed by atoms with E-state index in [2.05, 4.69) is 23.3 Å². The van der Waals surface area contributed by atoms with Gasteiger partial charge >= 0.3 is 0 Å². The fourth-order valence-electron chi connectivity index (χ4n) is 1.62. The highest BCUT2D eigenvalue weighted by Gasteiger charge is 2.04. The molecule has 0 amide bonds. The van der Waals surface area contributed by atoms with Gasteiger partial charge in [0, 0.05) is 18.6 Å². The van der Waals surface area contributed by atoms with E-state index in [0.717, 1.165) is 10.7 Å². The molecule has 2 aromatic heterocycles. The summed E-state index contributed by atoms with van der Waals surface area (Å²) >= 11 is 1.68. The van der Waals surface area contributed by atoms with Crippen LogP contribution in [0.3, 0.4) is 0 Å². The van der Waals surface area contributed by atoms with Crippen LogP contribution in [-0.4, -0.2) is 16.5 Å². The van der Waals surface area contributed by atoms with Gasteiger partial charge in [0.25, 0.3) is 0 Å². The third-order valence-corrected chi connectivity index (χ3v) is 3.53. The van der Waals surface area contributed by atoms with Crippen LogP contribution in [0, 0.1) is 0 Å². The smallest absolute Gasteiger partial charge is 0.194 e. The van der Waals surface area contributed by atoms with Crippen molar-refractivity contribution >= 4 is 16.3 Å². The summed E-state index contributed by atoms with van der Waals surface area (Å²) in [7, 11) is 1.67. The molecule has 0 aliphatic rings. The van der Waals surface area contributed by atoms with Crippen LogP contribution < -0.4 is 4.74 Å². The molecule has 0 N–H and O–H groups in total. The first-order valence-electron chi connectivity index (χ1n) is 4.94. The van der Waals surface area contributed by atoms with E-state index in [0.29, 0.717) is 0 Å². The van der Waals surface area contributed by atoms with E-state index in [1.165, 1.54) is 10.4 Å². The number of rotatable bonds is 2. The molecule has 0 atom stereocenters. The minimum Gasteiger partial charge on any atom is -0.497 e. The summed E-state index contributed by atoms with van der Waals surface area (Å²) < 4.78 is 7.17. The Kier molecular flexibility index (Phi) is 2.15. The third kappa shape index (κ3) is 1.47. The Bertz CT molecular complexity index is 581. The van der Waals surface area contributed by atoms with Gasteiger partial charge in [-0.15, -0.1) is 0 Å². The summed E-state index contributed by atoms with van der Waals surface area (Å²) in [5.74, 6) is 0.880. The number of thiazole rings is 1. The van der Waals surface area contributed by atoms with E-state index in [-0.39, 0.29) is 0 Å². The van der Waals surface area contributed by atoms with Gasteiger partial charge in [0.05, 0.1) is 12.0 Å². The summed E-state index contributed by atoms with van der Waals surface area (Å²) in [6.45, 7) is 0. The molecule has 0 unspecified atom stereocenters. The molecule has 0 saturated heterocycles. The fraction of sp³-hybridized carbons (Fsp3) is 0.0833. The zero-order valence-corrected chi connectivity index (χ0v) is 9.57. The Balaban J connectivity index is 2.05. The molecule has 4 heteroatoms. The Hall–Kier alpha value is -1.81. The largest absolute Gasteiger partial charge is 0.497 e. The van der Waals surface area contributed by atoms with Gasteiger partial charge in [0.15, 0.2) is 4.96 Å². The number of hydrogen-bond donors (Lipinski definition) is 0. The molecule has 3 rings (SSSR count). The molecule has 2 heterocycles. The van der Waals surface area contributed by atoms with Crippen LogP contribution >= 0.6 is 11.3 Å². The van der Waals surface area contributed by atoms with Crippen molar-refractivity contribution in [2.45, 2.75) is 0 Å². The first kappa shape index (κ1) is 9.42. The Morgan fingerprint density at radius 3 is 2.75 bits per heavy atom. The van der Waals surface area contributed by atoms with Crippen molar-refractivity contribution in [1.82, 2.24) is 9.38 Å². The molecule has 3 aromatic rings. The Morgan fingerprint density at radius 1 is 1.25 bits per heavy atom. The van der Waals surface area contributed by atoms with Crippen molar-refractivity contribution < 1.29 is 4.74 Å². The Morgan fingerprint density at radius 2 is 2.06 bits per heavy atom. The van der Waals surface area contributed by atoms with Gasteiger partial charge in [0.2, 0.25) is 0 Å². The van der Waals surface area contributed by atoms with Gasteiger partial charge in [0.1, 0.15) is 5.75 Å². The van der Waals surface area contributed by atoms with Crippen LogP contribution in [0.15, 0.2) is 42.9 Å². The van der Waals surface area contributed by atoms with Crippen LogP contribution in [0.25, 0.3) is 15.4 Å². The lowest BCUT2D eigenvalue weighted by molar-refractivity contribution is 0.415. The highest BCUT2D eigenvalue weighted by Crippen LogP contribution is 2.28. The maximum Gasteiger partial charge on any atom is 0.194 e. The van der Waals surface area contributed by atoms with Crippen molar-refractivity contribution in [1.29, 1.82) is 0 Å². The molecule has 3 nitrogen and oxygen atoms in total. The molecule has 0 fully saturated rings. The Labute approximate surface area is 96.9 Å². The van der Waals surface area contributed by atoms with E-state index in [4.69, 9.17) is 4.74 Å². The number of methoxy groups -OCH3 is 1. The zero-order chi connectivity index (χ0) is 11.0. The van der Waals surface area contributed by atoms with Crippen LogP contribution in [0.2, 0.25) is 0 Å². The van der Waals surface area contributed by atoms with Gasteiger partial charge in [-0.1, -0.05) is 11.3 Å². The number of benzene rings is 1. The van der Waals surface area contributed by atoms with Crippen molar-refractivity contribution in [3.8, 4) is 16.2 Å². The predicted octanol–water partition coefficient (Wildman–Crippen LogP) is 3.07. The number of hydrogen-bond acceptors (Lipinski definition) is 3. The summed E-state index contributed by atoms with van der Waals surface area (Å²) in [4.78, 5) is 6.49. The van der Waals surface area contributed by atoms with Crippen LogP contribution in [0.1, 0.15) is 0 Å². The SMILES string of the molecule is COc1ccc(-c2cn3ccnc3s2)cc1. The van der Waals surface area contributed by atoms with E-state index >= 15 is 0 Å². The molecular weight excluding hydrogens is 220 g/mol. The molecule has 16 heavy (non-hydrogen) atoms. The topological polar surface area (TPSA) is 26.5 Å². The lowest BCUT2D eigenvalue weighted by Gasteiger charge is -2.00. The lowest BCUT2D eigenvalue weighted by Crippen LogP contribution is -1.81. The summed E-state index contributed by atoms with van der Waals surface area (Å²) in [6.07, 6.45) is 5.86. The first-order chi connectivity index (χ1) is 7.86. The van der Waals surface area contributed by atoms with Crippen molar-refractivity contribution in [3.05, 3.63) is 42.9 Å². The fourth-order valence-corrected chi connectivity index (χ4v) is 2.57. The molecule has 0 bridgehead atoms. The average Bonchev–Trinajstić information content (AvgIpc) is 2.89. The van der Waals surface area contributed by atoms with Crippen molar-refractivity contribution in [2.24, 2.45) is 0 Å². The number of aromatic nitrogens is 2. The maximum atomic E-state index is 5.13. The monoisotopic (exact) mass is 230 g/mol. The minimum atomic E-state index is 0.880. The molecule has 0 saturated carbocycles. The quantitative estimate of drug-likeness (QED) is 0.676. The number of fused-ring (bicyclic) bond motifs is 1. The molecule has 0 radical (unpaired) electrons. The number of imidazole rings is 1. The molecule has 0 aliphatic carbocycles. The van der Waals surface area contributed by atoms with Gasteiger partial charge in [-0.25, -0.2) is 4.98 Å². The van der Waals surface area contributed by atoms with Crippen LogP contribution in [0.5, 0.6) is 5.75 Å². The third-order valence-electron chi connectivity index (χ3n) is 2.47. The molecule has 0 spiro atoms. The van der Waals surface area contributed by atoms with E-state index in [1.807, 2.05) is 28.9 Å².